The highest BCUT2D eigenvalue weighted by atomic mass is 16.2. The summed E-state index contributed by atoms with van der Waals surface area (Å²) in [4.78, 5) is 31.1. The molecule has 3 heterocycles. The lowest BCUT2D eigenvalue weighted by molar-refractivity contribution is 0.709. The number of imidazole rings is 1. The van der Waals surface area contributed by atoms with E-state index in [1.807, 2.05) is 14.0 Å². The van der Waals surface area contributed by atoms with Gasteiger partial charge in [-0.2, -0.15) is 10.1 Å². The van der Waals surface area contributed by atoms with Crippen LogP contribution in [0.2, 0.25) is 0 Å². The van der Waals surface area contributed by atoms with Gasteiger partial charge in [0.05, 0.1) is 11.4 Å². The van der Waals surface area contributed by atoms with Gasteiger partial charge in [0.15, 0.2) is 11.2 Å². The molecule has 0 unspecified atom stereocenters. The van der Waals surface area contributed by atoms with Gasteiger partial charge in [-0.05, 0) is 6.92 Å². The van der Waals surface area contributed by atoms with Crippen molar-refractivity contribution in [2.24, 2.45) is 21.1 Å². The maximum atomic E-state index is 12.1. The SMILES string of the molecule is Cc1nn(C)cc1Nc1nc2c([nH]1)c(=O)n(C)c(=O)n2C. The van der Waals surface area contributed by atoms with Crippen LogP contribution in [-0.2, 0) is 21.1 Å². The number of nitrogens with one attached hydrogen (secondary N) is 2. The van der Waals surface area contributed by atoms with Crippen LogP contribution in [0.1, 0.15) is 5.69 Å². The number of anilines is 2. The zero-order valence-corrected chi connectivity index (χ0v) is 12.1. The van der Waals surface area contributed by atoms with Crippen LogP contribution in [0, 0.1) is 6.92 Å². The van der Waals surface area contributed by atoms with Gasteiger partial charge in [-0.25, -0.2) is 4.79 Å². The predicted octanol–water partition coefficient (Wildman–Crippen LogP) is -0.254. The lowest BCUT2D eigenvalue weighted by Gasteiger charge is -2.00. The molecule has 0 aromatic carbocycles. The molecule has 2 N–H and O–H groups in total. The van der Waals surface area contributed by atoms with Crippen LogP contribution in [0.3, 0.4) is 0 Å². The molecule has 0 saturated heterocycles. The highest BCUT2D eigenvalue weighted by Crippen LogP contribution is 2.18. The van der Waals surface area contributed by atoms with Crippen molar-refractivity contribution in [1.29, 1.82) is 0 Å². The molecule has 3 aromatic rings. The molecule has 0 aliphatic carbocycles. The van der Waals surface area contributed by atoms with E-state index in [0.717, 1.165) is 15.9 Å². The molecule has 0 aliphatic heterocycles. The van der Waals surface area contributed by atoms with E-state index < -0.39 is 11.2 Å². The minimum Gasteiger partial charge on any atom is -0.323 e. The standard InChI is InChI=1S/C12H15N7O2/c1-6-7(5-17(2)16-6)13-11-14-8-9(15-11)18(3)12(21)19(4)10(8)20/h5H,1-4H3,(H2,13,14,15). The molecule has 0 radical (unpaired) electrons. The van der Waals surface area contributed by atoms with E-state index in [0.29, 0.717) is 11.6 Å². The van der Waals surface area contributed by atoms with Gasteiger partial charge in [-0.3, -0.25) is 18.6 Å². The molecule has 0 fully saturated rings. The van der Waals surface area contributed by atoms with Crippen molar-refractivity contribution in [2.75, 3.05) is 5.32 Å². The molecule has 3 aromatic heterocycles. The first-order valence-electron chi connectivity index (χ1n) is 6.31. The van der Waals surface area contributed by atoms with Crippen LogP contribution < -0.4 is 16.6 Å². The smallest absolute Gasteiger partial charge is 0.323 e. The summed E-state index contributed by atoms with van der Waals surface area (Å²) in [5.41, 5.74) is 1.36. The van der Waals surface area contributed by atoms with Gasteiger partial charge < -0.3 is 10.3 Å². The van der Waals surface area contributed by atoms with Crippen molar-refractivity contribution in [3.8, 4) is 0 Å². The van der Waals surface area contributed by atoms with Crippen molar-refractivity contribution in [1.82, 2.24) is 28.9 Å². The van der Waals surface area contributed by atoms with Gasteiger partial charge >= 0.3 is 5.69 Å². The second-order valence-corrected chi connectivity index (χ2v) is 4.92. The number of hydrogen-bond donors (Lipinski definition) is 2. The maximum Gasteiger partial charge on any atom is 0.332 e. The van der Waals surface area contributed by atoms with Gasteiger partial charge in [0.2, 0.25) is 5.95 Å². The molecule has 9 nitrogen and oxygen atoms in total. The third kappa shape index (κ3) is 1.93. The molecule has 9 heteroatoms. The van der Waals surface area contributed by atoms with E-state index in [1.54, 1.807) is 17.9 Å². The number of aromatic nitrogens is 6. The molecule has 0 spiro atoms. The van der Waals surface area contributed by atoms with Gasteiger partial charge in [0, 0.05) is 27.3 Å². The van der Waals surface area contributed by atoms with Crippen LogP contribution in [0.25, 0.3) is 11.2 Å². The molecular weight excluding hydrogens is 274 g/mol. The fourth-order valence-electron chi connectivity index (χ4n) is 2.24. The molecule has 0 saturated carbocycles. The Kier molecular flexibility index (Phi) is 2.71. The minimum absolute atomic E-state index is 0.281. The highest BCUT2D eigenvalue weighted by Gasteiger charge is 2.14. The van der Waals surface area contributed by atoms with E-state index in [2.05, 4.69) is 20.4 Å². The molecule has 0 amide bonds. The molecule has 3 rings (SSSR count). The Morgan fingerprint density at radius 3 is 2.52 bits per heavy atom. The summed E-state index contributed by atoms with van der Waals surface area (Å²) in [7, 11) is 4.82. The van der Waals surface area contributed by atoms with Gasteiger partial charge in [-0.15, -0.1) is 0 Å². The number of hydrogen-bond acceptors (Lipinski definition) is 5. The Balaban J connectivity index is 2.16. The third-order valence-corrected chi connectivity index (χ3v) is 3.36. The van der Waals surface area contributed by atoms with Crippen molar-refractivity contribution in [3.05, 3.63) is 32.7 Å². The number of nitrogens with zero attached hydrogens (tertiary/aromatic N) is 5. The quantitative estimate of drug-likeness (QED) is 0.677. The second kappa shape index (κ2) is 4.33. The van der Waals surface area contributed by atoms with E-state index >= 15 is 0 Å². The lowest BCUT2D eigenvalue weighted by Crippen LogP contribution is -2.36. The minimum atomic E-state index is -0.414. The molecule has 0 aliphatic rings. The Labute approximate surface area is 118 Å². The Morgan fingerprint density at radius 1 is 1.19 bits per heavy atom. The number of aryl methyl sites for hydroxylation is 3. The zero-order chi connectivity index (χ0) is 15.3. The summed E-state index contributed by atoms with van der Waals surface area (Å²) >= 11 is 0. The normalized spacial score (nSPS) is 11.2. The van der Waals surface area contributed by atoms with Crippen LogP contribution in [-0.4, -0.2) is 28.9 Å². The van der Waals surface area contributed by atoms with Crippen LogP contribution in [0.4, 0.5) is 11.6 Å². The topological polar surface area (TPSA) is 103 Å². The summed E-state index contributed by atoms with van der Waals surface area (Å²) in [5, 5.41) is 7.28. The van der Waals surface area contributed by atoms with E-state index in [1.165, 1.54) is 11.6 Å². The summed E-state index contributed by atoms with van der Waals surface area (Å²) in [6.07, 6.45) is 1.81. The van der Waals surface area contributed by atoms with Crippen LogP contribution in [0.5, 0.6) is 0 Å². The largest absolute Gasteiger partial charge is 0.332 e. The maximum absolute atomic E-state index is 12.1. The van der Waals surface area contributed by atoms with Crippen molar-refractivity contribution in [3.63, 3.8) is 0 Å². The highest BCUT2D eigenvalue weighted by molar-refractivity contribution is 5.74. The first-order valence-corrected chi connectivity index (χ1v) is 6.31. The summed E-state index contributed by atoms with van der Waals surface area (Å²) in [5.74, 6) is 0.388. The predicted molar refractivity (Wildman–Crippen MR) is 77.8 cm³/mol. The Bertz CT molecular complexity index is 957. The fourth-order valence-corrected chi connectivity index (χ4v) is 2.24. The lowest BCUT2D eigenvalue weighted by atomic mass is 10.4. The number of fused-ring (bicyclic) bond motifs is 1. The van der Waals surface area contributed by atoms with Crippen molar-refractivity contribution < 1.29 is 0 Å². The van der Waals surface area contributed by atoms with Gasteiger partial charge in [0.25, 0.3) is 5.56 Å². The summed E-state index contributed by atoms with van der Waals surface area (Å²) in [6, 6.07) is 0. The van der Waals surface area contributed by atoms with E-state index in [9.17, 15) is 9.59 Å². The summed E-state index contributed by atoms with van der Waals surface area (Å²) < 4.78 is 4.04. The monoisotopic (exact) mass is 289 g/mol. The number of H-pyrrole nitrogens is 1. The molecule has 110 valence electrons. The van der Waals surface area contributed by atoms with Gasteiger partial charge in [-0.1, -0.05) is 0 Å². The third-order valence-electron chi connectivity index (χ3n) is 3.36. The Hall–Kier alpha value is -2.84. The van der Waals surface area contributed by atoms with Crippen LogP contribution in [0.15, 0.2) is 15.8 Å². The summed E-state index contributed by atoms with van der Waals surface area (Å²) in [6.45, 7) is 1.86. The van der Waals surface area contributed by atoms with Gasteiger partial charge in [0.1, 0.15) is 0 Å². The first kappa shape index (κ1) is 13.2. The first-order chi connectivity index (χ1) is 9.88. The molecular formula is C12H15N7O2. The van der Waals surface area contributed by atoms with E-state index in [4.69, 9.17) is 0 Å². The van der Waals surface area contributed by atoms with E-state index in [-0.39, 0.29) is 5.52 Å². The molecule has 0 bridgehead atoms. The average Bonchev–Trinajstić information content (AvgIpc) is 2.98. The number of aromatic amines is 1. The Morgan fingerprint density at radius 2 is 1.90 bits per heavy atom. The molecule has 0 atom stereocenters. The average molecular weight is 289 g/mol. The van der Waals surface area contributed by atoms with Crippen molar-refractivity contribution in [2.45, 2.75) is 6.92 Å². The number of rotatable bonds is 2. The fraction of sp³-hybridized carbons (Fsp3) is 0.333. The van der Waals surface area contributed by atoms with Crippen molar-refractivity contribution >= 4 is 22.8 Å². The van der Waals surface area contributed by atoms with Crippen LogP contribution >= 0.6 is 0 Å². The molecule has 21 heavy (non-hydrogen) atoms. The zero-order valence-electron chi connectivity index (χ0n) is 12.1. The second-order valence-electron chi connectivity index (χ2n) is 4.92.